The van der Waals surface area contributed by atoms with Crippen LogP contribution in [0, 0.1) is 0 Å². The molecule has 14 heavy (non-hydrogen) atoms. The van der Waals surface area contributed by atoms with Gasteiger partial charge in [0, 0.05) is 11.9 Å². The highest BCUT2D eigenvalue weighted by Gasteiger charge is 2.05. The van der Waals surface area contributed by atoms with Crippen molar-refractivity contribution in [1.29, 1.82) is 0 Å². The Morgan fingerprint density at radius 2 is 2.21 bits per heavy atom. The van der Waals surface area contributed by atoms with Crippen LogP contribution in [0.5, 0.6) is 0 Å². The van der Waals surface area contributed by atoms with E-state index in [0.29, 0.717) is 6.42 Å². The van der Waals surface area contributed by atoms with Crippen LogP contribution in [0.1, 0.15) is 12.1 Å². The fourth-order valence-electron chi connectivity index (χ4n) is 1.23. The molecule has 1 amide bonds. The Morgan fingerprint density at radius 1 is 1.50 bits per heavy atom. The van der Waals surface area contributed by atoms with Crippen LogP contribution in [0.4, 0.5) is 0 Å². The van der Waals surface area contributed by atoms with E-state index in [1.807, 2.05) is 0 Å². The van der Waals surface area contributed by atoms with Gasteiger partial charge in [-0.3, -0.25) is 9.59 Å². The van der Waals surface area contributed by atoms with E-state index >= 15 is 0 Å². The molecule has 0 saturated heterocycles. The number of hydrogen-bond acceptors (Lipinski definition) is 2. The van der Waals surface area contributed by atoms with E-state index in [1.165, 1.54) is 0 Å². The molecular weight excluding hydrogens is 184 g/mol. The Morgan fingerprint density at radius 3 is 2.79 bits per heavy atom. The molecule has 5 nitrogen and oxygen atoms in total. The highest BCUT2D eigenvalue weighted by atomic mass is 16.4. The van der Waals surface area contributed by atoms with Crippen molar-refractivity contribution < 1.29 is 14.7 Å². The first-order chi connectivity index (χ1) is 6.59. The molecule has 1 aromatic heterocycles. The van der Waals surface area contributed by atoms with E-state index in [1.54, 1.807) is 22.9 Å². The molecule has 1 heterocycles. The molecule has 5 heteroatoms. The van der Waals surface area contributed by atoms with E-state index in [9.17, 15) is 9.59 Å². The number of hydrogen-bond donors (Lipinski definition) is 2. The van der Waals surface area contributed by atoms with E-state index < -0.39 is 11.9 Å². The number of carbonyl (C=O) groups excluding carboxylic acids is 1. The van der Waals surface area contributed by atoms with Gasteiger partial charge in [0.2, 0.25) is 5.91 Å². The van der Waals surface area contributed by atoms with E-state index in [4.69, 9.17) is 10.8 Å². The summed E-state index contributed by atoms with van der Waals surface area (Å²) < 4.78 is 1.66. The van der Waals surface area contributed by atoms with Gasteiger partial charge in [0.1, 0.15) is 6.54 Å². The third kappa shape index (κ3) is 2.93. The molecule has 0 bridgehead atoms. The van der Waals surface area contributed by atoms with Gasteiger partial charge in [-0.1, -0.05) is 0 Å². The maximum atomic E-state index is 10.6. The number of carboxylic acid groups (broad SMARTS) is 1. The Kier molecular flexibility index (Phi) is 3.28. The molecule has 1 rings (SSSR count). The number of aliphatic carboxylic acids is 1. The summed E-state index contributed by atoms with van der Waals surface area (Å²) >= 11 is 0. The van der Waals surface area contributed by atoms with E-state index in [0.717, 1.165) is 5.69 Å². The predicted molar refractivity (Wildman–Crippen MR) is 49.6 cm³/mol. The second-order valence-electron chi connectivity index (χ2n) is 2.99. The standard InChI is InChI=1S/C9H12N2O3/c10-8(12)6-11-5-1-2-7(11)3-4-9(13)14/h1-2,5H,3-4,6H2,(H2,10,12)(H,13,14). The molecule has 0 radical (unpaired) electrons. The van der Waals surface area contributed by atoms with E-state index in [2.05, 4.69) is 0 Å². The fourth-order valence-corrected chi connectivity index (χ4v) is 1.23. The fraction of sp³-hybridized carbons (Fsp3) is 0.333. The number of aryl methyl sites for hydroxylation is 1. The number of rotatable bonds is 5. The molecule has 0 saturated carbocycles. The lowest BCUT2D eigenvalue weighted by Gasteiger charge is -2.04. The lowest BCUT2D eigenvalue weighted by Crippen LogP contribution is -2.19. The van der Waals surface area contributed by atoms with Crippen LogP contribution in [0.25, 0.3) is 0 Å². The zero-order chi connectivity index (χ0) is 10.6. The summed E-state index contributed by atoms with van der Waals surface area (Å²) in [6.45, 7) is 0.0992. The highest BCUT2D eigenvalue weighted by Crippen LogP contribution is 2.05. The van der Waals surface area contributed by atoms with Crippen LogP contribution in [0.3, 0.4) is 0 Å². The predicted octanol–water partition coefficient (Wildman–Crippen LogP) is -0.00940. The lowest BCUT2D eigenvalue weighted by molar-refractivity contribution is -0.137. The van der Waals surface area contributed by atoms with Gasteiger partial charge in [-0.15, -0.1) is 0 Å². The minimum atomic E-state index is -0.850. The molecule has 0 atom stereocenters. The van der Waals surface area contributed by atoms with Crippen molar-refractivity contribution in [3.63, 3.8) is 0 Å². The zero-order valence-corrected chi connectivity index (χ0v) is 7.64. The number of nitrogens with two attached hydrogens (primary N) is 1. The van der Waals surface area contributed by atoms with Crippen LogP contribution in [0.15, 0.2) is 18.3 Å². The molecule has 0 spiro atoms. The number of amides is 1. The normalized spacial score (nSPS) is 10.0. The summed E-state index contributed by atoms with van der Waals surface area (Å²) in [5.74, 6) is -1.28. The summed E-state index contributed by atoms with van der Waals surface area (Å²) in [6, 6.07) is 3.55. The van der Waals surface area contributed by atoms with Crippen molar-refractivity contribution in [1.82, 2.24) is 4.57 Å². The van der Waals surface area contributed by atoms with Crippen molar-refractivity contribution in [2.75, 3.05) is 0 Å². The van der Waals surface area contributed by atoms with Gasteiger partial charge in [0.25, 0.3) is 0 Å². The molecular formula is C9H12N2O3. The SMILES string of the molecule is NC(=O)Cn1cccc1CCC(=O)O. The minimum absolute atomic E-state index is 0.0583. The number of aromatic nitrogens is 1. The summed E-state index contributed by atoms with van der Waals surface area (Å²) in [7, 11) is 0. The van der Waals surface area contributed by atoms with Crippen LogP contribution in [-0.4, -0.2) is 21.6 Å². The van der Waals surface area contributed by atoms with Crippen LogP contribution < -0.4 is 5.73 Å². The lowest BCUT2D eigenvalue weighted by atomic mass is 10.2. The summed E-state index contributed by atoms with van der Waals surface area (Å²) in [4.78, 5) is 21.0. The van der Waals surface area contributed by atoms with Gasteiger partial charge in [-0.05, 0) is 18.6 Å². The Labute approximate surface area is 81.1 Å². The molecule has 0 aliphatic carbocycles. The molecule has 0 aliphatic rings. The quantitative estimate of drug-likeness (QED) is 0.694. The summed E-state index contributed by atoms with van der Waals surface area (Å²) in [5.41, 5.74) is 5.84. The highest BCUT2D eigenvalue weighted by molar-refractivity contribution is 5.73. The van der Waals surface area contributed by atoms with Gasteiger partial charge in [0.05, 0.1) is 6.42 Å². The van der Waals surface area contributed by atoms with Crippen molar-refractivity contribution in [3.8, 4) is 0 Å². The smallest absolute Gasteiger partial charge is 0.303 e. The van der Waals surface area contributed by atoms with Crippen LogP contribution in [0.2, 0.25) is 0 Å². The monoisotopic (exact) mass is 196 g/mol. The minimum Gasteiger partial charge on any atom is -0.481 e. The Balaban J connectivity index is 2.62. The summed E-state index contributed by atoms with van der Waals surface area (Å²) in [5, 5.41) is 8.48. The molecule has 76 valence electrons. The molecule has 0 aliphatic heterocycles. The van der Waals surface area contributed by atoms with Crippen molar-refractivity contribution in [2.24, 2.45) is 5.73 Å². The molecule has 0 unspecified atom stereocenters. The average Bonchev–Trinajstić information content (AvgIpc) is 2.47. The van der Waals surface area contributed by atoms with Crippen LogP contribution >= 0.6 is 0 Å². The van der Waals surface area contributed by atoms with Gasteiger partial charge < -0.3 is 15.4 Å². The third-order valence-electron chi connectivity index (χ3n) is 1.84. The topological polar surface area (TPSA) is 85.3 Å². The number of carbonyl (C=O) groups is 2. The first kappa shape index (κ1) is 10.3. The van der Waals surface area contributed by atoms with Gasteiger partial charge >= 0.3 is 5.97 Å². The van der Waals surface area contributed by atoms with Gasteiger partial charge in [-0.2, -0.15) is 0 Å². The first-order valence-corrected chi connectivity index (χ1v) is 4.23. The molecule has 3 N–H and O–H groups in total. The Bertz CT molecular complexity index is 344. The zero-order valence-electron chi connectivity index (χ0n) is 7.64. The molecule has 0 aromatic carbocycles. The number of nitrogens with zero attached hydrogens (tertiary/aromatic N) is 1. The van der Waals surface area contributed by atoms with Crippen molar-refractivity contribution >= 4 is 11.9 Å². The average molecular weight is 196 g/mol. The van der Waals surface area contributed by atoms with Gasteiger partial charge in [0.15, 0.2) is 0 Å². The number of carboxylic acids is 1. The molecule has 1 aromatic rings. The second-order valence-corrected chi connectivity index (χ2v) is 2.99. The number of primary amides is 1. The van der Waals surface area contributed by atoms with Gasteiger partial charge in [-0.25, -0.2) is 0 Å². The summed E-state index contributed by atoms with van der Waals surface area (Å²) in [6.07, 6.45) is 2.18. The molecule has 0 fully saturated rings. The first-order valence-electron chi connectivity index (χ1n) is 4.23. The van der Waals surface area contributed by atoms with Crippen LogP contribution in [-0.2, 0) is 22.6 Å². The van der Waals surface area contributed by atoms with Crippen molar-refractivity contribution in [3.05, 3.63) is 24.0 Å². The maximum absolute atomic E-state index is 10.6. The Hall–Kier alpha value is -1.78. The third-order valence-corrected chi connectivity index (χ3v) is 1.84. The largest absolute Gasteiger partial charge is 0.481 e. The maximum Gasteiger partial charge on any atom is 0.303 e. The van der Waals surface area contributed by atoms with Crippen molar-refractivity contribution in [2.45, 2.75) is 19.4 Å². The van der Waals surface area contributed by atoms with E-state index in [-0.39, 0.29) is 13.0 Å². The second kappa shape index (κ2) is 4.45.